The third-order valence-corrected chi connectivity index (χ3v) is 4.94. The molecule has 0 N–H and O–H groups in total. The predicted octanol–water partition coefficient (Wildman–Crippen LogP) is 3.57. The summed E-state index contributed by atoms with van der Waals surface area (Å²) in [5, 5.41) is 8.92. The fourth-order valence-electron chi connectivity index (χ4n) is 3.55. The van der Waals surface area contributed by atoms with Crippen molar-refractivity contribution in [3.63, 3.8) is 0 Å². The van der Waals surface area contributed by atoms with Gasteiger partial charge in [0.1, 0.15) is 5.82 Å². The average Bonchev–Trinajstić information content (AvgIpc) is 3.07. The average molecular weight is 333 g/mol. The molecule has 5 heteroatoms. The van der Waals surface area contributed by atoms with E-state index in [1.54, 1.807) is 0 Å². The lowest BCUT2D eigenvalue weighted by Gasteiger charge is -2.33. The highest BCUT2D eigenvalue weighted by Gasteiger charge is 2.22. The van der Waals surface area contributed by atoms with Gasteiger partial charge in [0.25, 0.3) is 0 Å². The zero-order valence-electron chi connectivity index (χ0n) is 14.5. The molecule has 0 bridgehead atoms. The molecule has 3 aromatic rings. The Hall–Kier alpha value is -2.69. The molecule has 1 aromatic carbocycles. The Morgan fingerprint density at radius 2 is 1.96 bits per heavy atom. The standard InChI is InChI=1S/C20H23N5/c1-16-21-11-13-24(16)14-17-6-5-12-25(15-17)20-10-9-19(22-23-20)18-7-3-2-4-8-18/h2-4,7-11,13,17H,5-6,12,14-15H2,1H3/t17-/m0/s1. The van der Waals surface area contributed by atoms with Crippen LogP contribution in [-0.2, 0) is 6.54 Å². The number of aromatic nitrogens is 4. The molecule has 25 heavy (non-hydrogen) atoms. The second-order valence-electron chi connectivity index (χ2n) is 6.72. The van der Waals surface area contributed by atoms with Gasteiger partial charge in [-0.1, -0.05) is 30.3 Å². The van der Waals surface area contributed by atoms with Gasteiger partial charge in [-0.3, -0.25) is 0 Å². The van der Waals surface area contributed by atoms with Crippen LogP contribution >= 0.6 is 0 Å². The molecule has 0 unspecified atom stereocenters. The lowest BCUT2D eigenvalue weighted by atomic mass is 9.98. The second kappa shape index (κ2) is 7.05. The summed E-state index contributed by atoms with van der Waals surface area (Å²) in [4.78, 5) is 6.69. The fraction of sp³-hybridized carbons (Fsp3) is 0.350. The lowest BCUT2D eigenvalue weighted by molar-refractivity contribution is 0.362. The van der Waals surface area contributed by atoms with E-state index >= 15 is 0 Å². The summed E-state index contributed by atoms with van der Waals surface area (Å²) in [5.74, 6) is 2.69. The SMILES string of the molecule is Cc1nccn1C[C@@H]1CCCN(c2ccc(-c3ccccc3)nn2)C1. The normalized spacial score (nSPS) is 17.6. The number of hydrogen-bond acceptors (Lipinski definition) is 4. The topological polar surface area (TPSA) is 46.8 Å². The number of imidazole rings is 1. The van der Waals surface area contributed by atoms with Gasteiger partial charge in [0.05, 0.1) is 5.69 Å². The number of hydrogen-bond donors (Lipinski definition) is 0. The maximum Gasteiger partial charge on any atom is 0.151 e. The molecule has 1 aliphatic heterocycles. The predicted molar refractivity (Wildman–Crippen MR) is 99.4 cm³/mol. The Balaban J connectivity index is 1.45. The van der Waals surface area contributed by atoms with Crippen LogP contribution in [0, 0.1) is 12.8 Å². The molecular formula is C20H23N5. The van der Waals surface area contributed by atoms with E-state index in [1.165, 1.54) is 12.8 Å². The molecular weight excluding hydrogens is 310 g/mol. The van der Waals surface area contributed by atoms with Crippen molar-refractivity contribution < 1.29 is 0 Å². The van der Waals surface area contributed by atoms with Gasteiger partial charge in [0.15, 0.2) is 5.82 Å². The molecule has 1 atom stereocenters. The zero-order valence-corrected chi connectivity index (χ0v) is 14.5. The van der Waals surface area contributed by atoms with E-state index in [1.807, 2.05) is 24.4 Å². The Morgan fingerprint density at radius 3 is 2.68 bits per heavy atom. The highest BCUT2D eigenvalue weighted by molar-refractivity contribution is 5.59. The molecule has 128 valence electrons. The Bertz CT molecular complexity index is 810. The van der Waals surface area contributed by atoms with E-state index in [4.69, 9.17) is 0 Å². The van der Waals surface area contributed by atoms with Gasteiger partial charge in [0, 0.05) is 37.6 Å². The van der Waals surface area contributed by atoms with Crippen molar-refractivity contribution in [1.29, 1.82) is 0 Å². The summed E-state index contributed by atoms with van der Waals surface area (Å²) in [5.41, 5.74) is 2.03. The number of piperidine rings is 1. The number of benzene rings is 1. The number of anilines is 1. The maximum atomic E-state index is 4.48. The van der Waals surface area contributed by atoms with Gasteiger partial charge in [-0.15, -0.1) is 10.2 Å². The van der Waals surface area contributed by atoms with Crippen molar-refractivity contribution in [3.8, 4) is 11.3 Å². The third-order valence-electron chi connectivity index (χ3n) is 4.94. The summed E-state index contributed by atoms with van der Waals surface area (Å²) in [6, 6.07) is 14.4. The smallest absolute Gasteiger partial charge is 0.151 e. The van der Waals surface area contributed by atoms with Crippen molar-refractivity contribution in [1.82, 2.24) is 19.7 Å². The van der Waals surface area contributed by atoms with Crippen molar-refractivity contribution in [3.05, 3.63) is 60.7 Å². The Kier molecular flexibility index (Phi) is 4.46. The number of nitrogens with zero attached hydrogens (tertiary/aromatic N) is 5. The zero-order chi connectivity index (χ0) is 17.1. The minimum absolute atomic E-state index is 0.622. The Labute approximate surface area is 148 Å². The lowest BCUT2D eigenvalue weighted by Crippen LogP contribution is -2.37. The minimum Gasteiger partial charge on any atom is -0.355 e. The van der Waals surface area contributed by atoms with Gasteiger partial charge in [-0.2, -0.15) is 0 Å². The quantitative estimate of drug-likeness (QED) is 0.732. The first-order valence-electron chi connectivity index (χ1n) is 8.91. The molecule has 0 radical (unpaired) electrons. The van der Waals surface area contributed by atoms with E-state index in [2.05, 4.69) is 62.0 Å². The van der Waals surface area contributed by atoms with Gasteiger partial charge in [-0.05, 0) is 37.8 Å². The summed E-state index contributed by atoms with van der Waals surface area (Å²) >= 11 is 0. The van der Waals surface area contributed by atoms with Crippen LogP contribution in [0.5, 0.6) is 0 Å². The van der Waals surface area contributed by atoms with E-state index in [9.17, 15) is 0 Å². The molecule has 1 fully saturated rings. The molecule has 1 aliphatic rings. The van der Waals surface area contributed by atoms with E-state index in [-0.39, 0.29) is 0 Å². The molecule has 0 saturated carbocycles. The van der Waals surface area contributed by atoms with Crippen LogP contribution in [0.4, 0.5) is 5.82 Å². The largest absolute Gasteiger partial charge is 0.355 e. The third kappa shape index (κ3) is 3.55. The monoisotopic (exact) mass is 333 g/mol. The van der Waals surface area contributed by atoms with Gasteiger partial charge >= 0.3 is 0 Å². The molecule has 3 heterocycles. The highest BCUT2D eigenvalue weighted by atomic mass is 15.3. The van der Waals surface area contributed by atoms with Gasteiger partial charge in [-0.25, -0.2) is 4.98 Å². The summed E-state index contributed by atoms with van der Waals surface area (Å²) in [7, 11) is 0. The summed E-state index contributed by atoms with van der Waals surface area (Å²) in [6.07, 6.45) is 6.40. The van der Waals surface area contributed by atoms with Crippen molar-refractivity contribution in [2.45, 2.75) is 26.3 Å². The molecule has 5 nitrogen and oxygen atoms in total. The van der Waals surface area contributed by atoms with Crippen LogP contribution in [0.25, 0.3) is 11.3 Å². The van der Waals surface area contributed by atoms with Gasteiger partial charge in [0.2, 0.25) is 0 Å². The van der Waals surface area contributed by atoms with Gasteiger partial charge < -0.3 is 9.47 Å². The highest BCUT2D eigenvalue weighted by Crippen LogP contribution is 2.24. The van der Waals surface area contributed by atoms with Crippen LogP contribution in [0.2, 0.25) is 0 Å². The van der Waals surface area contributed by atoms with Crippen LogP contribution < -0.4 is 4.90 Å². The summed E-state index contributed by atoms with van der Waals surface area (Å²) in [6.45, 7) is 5.17. The van der Waals surface area contributed by atoms with Crippen molar-refractivity contribution in [2.24, 2.45) is 5.92 Å². The van der Waals surface area contributed by atoms with Crippen LogP contribution in [0.1, 0.15) is 18.7 Å². The first kappa shape index (κ1) is 15.8. The number of aryl methyl sites for hydroxylation is 1. The maximum absolute atomic E-state index is 4.48. The van der Waals surface area contributed by atoms with Crippen LogP contribution in [0.15, 0.2) is 54.9 Å². The molecule has 0 amide bonds. The van der Waals surface area contributed by atoms with Crippen LogP contribution in [-0.4, -0.2) is 32.8 Å². The minimum atomic E-state index is 0.622. The van der Waals surface area contributed by atoms with Crippen molar-refractivity contribution in [2.75, 3.05) is 18.0 Å². The molecule has 0 spiro atoms. The second-order valence-corrected chi connectivity index (χ2v) is 6.72. The van der Waals surface area contributed by atoms with E-state index in [0.717, 1.165) is 42.5 Å². The molecule has 1 saturated heterocycles. The molecule has 2 aromatic heterocycles. The first-order chi connectivity index (χ1) is 12.3. The molecule has 0 aliphatic carbocycles. The van der Waals surface area contributed by atoms with E-state index in [0.29, 0.717) is 5.92 Å². The fourth-order valence-corrected chi connectivity index (χ4v) is 3.55. The first-order valence-corrected chi connectivity index (χ1v) is 8.91. The number of rotatable bonds is 4. The van der Waals surface area contributed by atoms with Crippen LogP contribution in [0.3, 0.4) is 0 Å². The Morgan fingerprint density at radius 1 is 1.08 bits per heavy atom. The summed E-state index contributed by atoms with van der Waals surface area (Å²) < 4.78 is 2.25. The van der Waals surface area contributed by atoms with Crippen molar-refractivity contribution >= 4 is 5.82 Å². The molecule has 4 rings (SSSR count). The van der Waals surface area contributed by atoms with E-state index < -0.39 is 0 Å².